The molecule has 4 heteroatoms. The van der Waals surface area contributed by atoms with Gasteiger partial charge in [-0.1, -0.05) is 42.5 Å². The van der Waals surface area contributed by atoms with Crippen molar-refractivity contribution in [2.45, 2.75) is 20.4 Å². The molecule has 0 atom stereocenters. The van der Waals surface area contributed by atoms with E-state index in [9.17, 15) is 4.79 Å². The first-order chi connectivity index (χ1) is 15.1. The van der Waals surface area contributed by atoms with Crippen LogP contribution in [0, 0.1) is 13.8 Å². The second-order valence-electron chi connectivity index (χ2n) is 7.77. The summed E-state index contributed by atoms with van der Waals surface area (Å²) >= 11 is 0. The van der Waals surface area contributed by atoms with E-state index in [0.717, 1.165) is 22.2 Å². The van der Waals surface area contributed by atoms with E-state index >= 15 is 0 Å². The van der Waals surface area contributed by atoms with Gasteiger partial charge in [-0.05, 0) is 49.2 Å². The lowest BCUT2D eigenvalue weighted by atomic mass is 10.1. The quantitative estimate of drug-likeness (QED) is 0.360. The Balaban J connectivity index is 1.59. The van der Waals surface area contributed by atoms with Crippen molar-refractivity contribution in [3.8, 4) is 0 Å². The molecular weight excluding hydrogens is 386 g/mol. The third-order valence-electron chi connectivity index (χ3n) is 5.64. The number of fused-ring (bicyclic) bond motifs is 2. The van der Waals surface area contributed by atoms with Gasteiger partial charge >= 0.3 is 5.89 Å². The molecule has 0 aliphatic heterocycles. The maximum Gasteiger partial charge on any atom is 0.374 e. The first-order valence-electron chi connectivity index (χ1n) is 10.3. The van der Waals surface area contributed by atoms with Crippen LogP contribution in [0.25, 0.3) is 34.2 Å². The smallest absolute Gasteiger partial charge is 0.374 e. The van der Waals surface area contributed by atoms with Crippen molar-refractivity contribution in [3.05, 3.63) is 111 Å². The largest absolute Gasteiger partial charge is 0.463 e. The van der Waals surface area contributed by atoms with Gasteiger partial charge in [0.05, 0.1) is 17.0 Å². The lowest BCUT2D eigenvalue weighted by Crippen LogP contribution is -2.35. The van der Waals surface area contributed by atoms with Crippen LogP contribution in [0.5, 0.6) is 0 Å². The molecule has 0 bridgehead atoms. The van der Waals surface area contributed by atoms with Crippen LogP contribution in [0.4, 0.5) is 0 Å². The van der Waals surface area contributed by atoms with Crippen LogP contribution < -0.4 is 10.00 Å². The van der Waals surface area contributed by atoms with Crippen LogP contribution in [-0.2, 0) is 6.54 Å². The average molecular weight is 408 g/mol. The topological polar surface area (TPSA) is 47.2 Å². The van der Waals surface area contributed by atoms with Crippen molar-refractivity contribution in [2.75, 3.05) is 0 Å². The highest BCUT2D eigenvalue weighted by Crippen LogP contribution is 2.19. The summed E-state index contributed by atoms with van der Waals surface area (Å²) in [6.07, 6.45) is 5.11. The predicted octanol–water partition coefficient (Wildman–Crippen LogP) is 5.66. The summed E-state index contributed by atoms with van der Waals surface area (Å²) < 4.78 is 14.0. The zero-order valence-corrected chi connectivity index (χ0v) is 17.5. The van der Waals surface area contributed by atoms with Crippen LogP contribution >= 0.6 is 0 Å². The maximum atomic E-state index is 13.0. The lowest BCUT2D eigenvalue weighted by Gasteiger charge is -2.03. The summed E-state index contributed by atoms with van der Waals surface area (Å²) in [5, 5.41) is 0.590. The fourth-order valence-electron chi connectivity index (χ4n) is 3.78. The van der Waals surface area contributed by atoms with E-state index in [1.807, 2.05) is 74.5 Å². The molecule has 0 radical (unpaired) electrons. The van der Waals surface area contributed by atoms with E-state index in [4.69, 9.17) is 8.83 Å². The molecule has 4 nitrogen and oxygen atoms in total. The number of aromatic nitrogens is 1. The molecule has 3 aromatic carbocycles. The molecule has 31 heavy (non-hydrogen) atoms. The summed E-state index contributed by atoms with van der Waals surface area (Å²) in [5.74, 6) is 0.671. The molecule has 0 saturated carbocycles. The first kappa shape index (κ1) is 19.1. The van der Waals surface area contributed by atoms with Crippen molar-refractivity contribution in [3.63, 3.8) is 0 Å². The van der Waals surface area contributed by atoms with Gasteiger partial charge in [-0.15, -0.1) is 0 Å². The third kappa shape index (κ3) is 3.57. The van der Waals surface area contributed by atoms with Crippen LogP contribution in [0.3, 0.4) is 0 Å². The van der Waals surface area contributed by atoms with Gasteiger partial charge < -0.3 is 8.83 Å². The number of rotatable bonds is 4. The minimum absolute atomic E-state index is 0.0497. The predicted molar refractivity (Wildman–Crippen MR) is 123 cm³/mol. The van der Waals surface area contributed by atoms with Gasteiger partial charge in [0.25, 0.3) is 5.52 Å². The Hall–Kier alpha value is -3.92. The Bertz CT molecular complexity index is 1490. The van der Waals surface area contributed by atoms with Crippen LogP contribution in [0.1, 0.15) is 28.1 Å². The molecule has 0 spiro atoms. The second-order valence-corrected chi connectivity index (χ2v) is 7.77. The SMILES string of the molecule is Cc1cc2occ(/C=C/c3oc4ccccc4[n+]3Cc3ccccc3)c(=O)c2cc1C. The number of nitrogens with zero attached hydrogens (tertiary/aromatic N) is 1. The zero-order chi connectivity index (χ0) is 21.4. The van der Waals surface area contributed by atoms with Gasteiger partial charge in [-0.2, -0.15) is 4.57 Å². The van der Waals surface area contributed by atoms with Gasteiger partial charge in [-0.25, -0.2) is 0 Å². The standard InChI is InChI=1S/C27H22NO3/c1-18-14-22-25(15-19(18)2)30-17-21(27(22)29)12-13-26-28(16-20-8-4-3-5-9-20)23-10-6-7-11-24(23)31-26/h3-15,17H,16H2,1-2H3/q+1/b13-12+. The van der Waals surface area contributed by atoms with Gasteiger partial charge in [0.1, 0.15) is 11.8 Å². The van der Waals surface area contributed by atoms with Gasteiger partial charge in [0, 0.05) is 11.6 Å². The van der Waals surface area contributed by atoms with Crippen molar-refractivity contribution >= 4 is 34.2 Å². The highest BCUT2D eigenvalue weighted by Gasteiger charge is 2.20. The Morgan fingerprint density at radius 1 is 0.871 bits per heavy atom. The van der Waals surface area contributed by atoms with Gasteiger partial charge in [-0.3, -0.25) is 4.79 Å². The normalized spacial score (nSPS) is 11.7. The molecular formula is C27H22NO3+. The molecule has 0 saturated heterocycles. The van der Waals surface area contributed by atoms with Crippen molar-refractivity contribution < 1.29 is 13.4 Å². The van der Waals surface area contributed by atoms with E-state index in [-0.39, 0.29) is 5.43 Å². The lowest BCUT2D eigenvalue weighted by molar-refractivity contribution is -0.669. The van der Waals surface area contributed by atoms with Crippen LogP contribution in [0.2, 0.25) is 0 Å². The highest BCUT2D eigenvalue weighted by atomic mass is 16.4. The van der Waals surface area contributed by atoms with E-state index in [1.165, 1.54) is 11.8 Å². The van der Waals surface area contributed by atoms with E-state index < -0.39 is 0 Å². The van der Waals surface area contributed by atoms with E-state index in [2.05, 4.69) is 16.7 Å². The zero-order valence-electron chi connectivity index (χ0n) is 17.5. The molecule has 0 fully saturated rings. The van der Waals surface area contributed by atoms with Crippen molar-refractivity contribution in [2.24, 2.45) is 0 Å². The minimum Gasteiger partial charge on any atom is -0.463 e. The molecule has 2 heterocycles. The minimum atomic E-state index is -0.0497. The molecule has 0 unspecified atom stereocenters. The van der Waals surface area contributed by atoms with E-state index in [0.29, 0.717) is 29.0 Å². The molecule has 5 aromatic rings. The molecule has 0 aliphatic carbocycles. The fraction of sp³-hybridized carbons (Fsp3) is 0.111. The number of hydrogen-bond donors (Lipinski definition) is 0. The Morgan fingerprint density at radius 3 is 2.45 bits per heavy atom. The number of para-hydroxylation sites is 2. The maximum absolute atomic E-state index is 13.0. The molecule has 152 valence electrons. The summed E-state index contributed by atoms with van der Waals surface area (Å²) in [5.41, 5.74) is 6.19. The molecule has 0 amide bonds. The molecule has 5 rings (SSSR count). The van der Waals surface area contributed by atoms with Gasteiger partial charge in [0.2, 0.25) is 5.58 Å². The Morgan fingerprint density at radius 2 is 1.61 bits per heavy atom. The number of oxazole rings is 1. The first-order valence-corrected chi connectivity index (χ1v) is 10.3. The molecule has 0 N–H and O–H groups in total. The number of benzene rings is 3. The fourth-order valence-corrected chi connectivity index (χ4v) is 3.78. The monoisotopic (exact) mass is 408 g/mol. The second kappa shape index (κ2) is 7.73. The third-order valence-corrected chi connectivity index (χ3v) is 5.64. The van der Waals surface area contributed by atoms with Crippen molar-refractivity contribution in [1.29, 1.82) is 0 Å². The summed E-state index contributed by atoms with van der Waals surface area (Å²) in [4.78, 5) is 13.0. The molecule has 0 aliphatic rings. The Labute approximate surface area is 179 Å². The summed E-state index contributed by atoms with van der Waals surface area (Å²) in [6, 6.07) is 22.0. The summed E-state index contributed by atoms with van der Waals surface area (Å²) in [7, 11) is 0. The Kier molecular flexibility index (Phi) is 4.75. The number of hydrogen-bond acceptors (Lipinski definition) is 3. The summed E-state index contributed by atoms with van der Waals surface area (Å²) in [6.45, 7) is 4.68. The van der Waals surface area contributed by atoms with Crippen LogP contribution in [-0.4, -0.2) is 0 Å². The van der Waals surface area contributed by atoms with Gasteiger partial charge in [0.15, 0.2) is 12.0 Å². The van der Waals surface area contributed by atoms with Crippen molar-refractivity contribution in [1.82, 2.24) is 0 Å². The van der Waals surface area contributed by atoms with Crippen LogP contribution in [0.15, 0.2) is 86.6 Å². The average Bonchev–Trinajstić information content (AvgIpc) is 3.13. The number of aryl methyl sites for hydroxylation is 2. The van der Waals surface area contributed by atoms with E-state index in [1.54, 1.807) is 6.08 Å². The molecule has 2 aromatic heterocycles. The highest BCUT2D eigenvalue weighted by molar-refractivity contribution is 5.81.